The molecule has 0 aliphatic carbocycles. The van der Waals surface area contributed by atoms with Crippen molar-refractivity contribution in [3.8, 4) is 22.2 Å². The molecule has 3 aromatic rings. The van der Waals surface area contributed by atoms with Crippen molar-refractivity contribution in [3.05, 3.63) is 47.9 Å². The van der Waals surface area contributed by atoms with Gasteiger partial charge in [0.25, 0.3) is 0 Å². The van der Waals surface area contributed by atoms with E-state index in [2.05, 4.69) is 15.3 Å². The van der Waals surface area contributed by atoms with Crippen molar-refractivity contribution in [1.29, 1.82) is 0 Å². The highest BCUT2D eigenvalue weighted by Crippen LogP contribution is 2.31. The first-order valence-electron chi connectivity index (χ1n) is 8.18. The predicted octanol–water partition coefficient (Wildman–Crippen LogP) is 3.52. The molecule has 1 N–H and O–H groups in total. The quantitative estimate of drug-likeness (QED) is 0.658. The number of anilines is 1. The Balaban J connectivity index is 1.75. The van der Waals surface area contributed by atoms with Gasteiger partial charge in [0.15, 0.2) is 11.0 Å². The van der Waals surface area contributed by atoms with Gasteiger partial charge in [-0.3, -0.25) is 10.1 Å². The summed E-state index contributed by atoms with van der Waals surface area (Å²) in [5.74, 6) is 1.88. The van der Waals surface area contributed by atoms with E-state index in [4.69, 9.17) is 9.47 Å². The first-order valence-corrected chi connectivity index (χ1v) is 8.99. The van der Waals surface area contributed by atoms with Crippen molar-refractivity contribution in [2.24, 2.45) is 7.05 Å². The molecule has 140 valence electrons. The van der Waals surface area contributed by atoms with Gasteiger partial charge in [-0.15, -0.1) is 0 Å². The fraction of sp³-hybridized carbons (Fsp3) is 0.211. The Bertz CT molecular complexity index is 991. The number of carbonyl (C=O) groups is 1. The van der Waals surface area contributed by atoms with E-state index in [0.29, 0.717) is 16.6 Å². The zero-order chi connectivity index (χ0) is 19.4. The molecule has 0 aliphatic heterocycles. The van der Waals surface area contributed by atoms with Crippen molar-refractivity contribution in [3.63, 3.8) is 0 Å². The zero-order valence-corrected chi connectivity index (χ0v) is 16.3. The number of aromatic nitrogens is 3. The van der Waals surface area contributed by atoms with Crippen LogP contribution in [0.25, 0.3) is 16.8 Å². The van der Waals surface area contributed by atoms with Crippen LogP contribution >= 0.6 is 11.3 Å². The predicted molar refractivity (Wildman–Crippen MR) is 106 cm³/mol. The third kappa shape index (κ3) is 4.17. The van der Waals surface area contributed by atoms with Crippen LogP contribution in [0.3, 0.4) is 0 Å². The Morgan fingerprint density at radius 2 is 2.11 bits per heavy atom. The summed E-state index contributed by atoms with van der Waals surface area (Å²) in [6.45, 7) is 1.90. The Morgan fingerprint density at radius 3 is 2.78 bits per heavy atom. The summed E-state index contributed by atoms with van der Waals surface area (Å²) in [5, 5.41) is 3.32. The molecular weight excluding hydrogens is 364 g/mol. The van der Waals surface area contributed by atoms with Gasteiger partial charge in [-0.05, 0) is 31.2 Å². The van der Waals surface area contributed by atoms with E-state index < -0.39 is 0 Å². The lowest BCUT2D eigenvalue weighted by Crippen LogP contribution is -2.07. The lowest BCUT2D eigenvalue weighted by molar-refractivity contribution is -0.111. The molecular formula is C19H20N4O3S. The molecule has 0 saturated carbocycles. The Hall–Kier alpha value is -3.13. The van der Waals surface area contributed by atoms with E-state index in [-0.39, 0.29) is 5.91 Å². The van der Waals surface area contributed by atoms with E-state index in [1.807, 2.05) is 24.7 Å². The molecule has 8 heteroatoms. The number of hydrogen-bond acceptors (Lipinski definition) is 6. The molecule has 27 heavy (non-hydrogen) atoms. The van der Waals surface area contributed by atoms with Crippen molar-refractivity contribution < 1.29 is 14.3 Å². The van der Waals surface area contributed by atoms with E-state index in [1.54, 1.807) is 44.7 Å². The van der Waals surface area contributed by atoms with Crippen molar-refractivity contribution in [2.45, 2.75) is 6.92 Å². The van der Waals surface area contributed by atoms with Gasteiger partial charge in [-0.1, -0.05) is 11.3 Å². The van der Waals surface area contributed by atoms with E-state index in [0.717, 1.165) is 22.0 Å². The number of ether oxygens (including phenoxy) is 2. The summed E-state index contributed by atoms with van der Waals surface area (Å²) in [4.78, 5) is 22.0. The van der Waals surface area contributed by atoms with Crippen LogP contribution in [-0.4, -0.2) is 34.7 Å². The molecule has 0 fully saturated rings. The van der Waals surface area contributed by atoms with Crippen LogP contribution in [-0.2, 0) is 11.8 Å². The number of hydrogen-bond donors (Lipinski definition) is 1. The van der Waals surface area contributed by atoms with Gasteiger partial charge in [-0.25, -0.2) is 9.97 Å². The van der Waals surface area contributed by atoms with Crippen molar-refractivity contribution >= 4 is 28.5 Å². The number of amides is 1. The number of rotatable bonds is 6. The van der Waals surface area contributed by atoms with Crippen molar-refractivity contribution in [2.75, 3.05) is 19.5 Å². The second-order valence-electron chi connectivity index (χ2n) is 5.73. The SMILES string of the molecule is COc1ccc(OC)c(/C=C/C(=O)Nc2nc(C)c(-c3nccn3C)s2)c1. The summed E-state index contributed by atoms with van der Waals surface area (Å²) in [7, 11) is 5.09. The Kier molecular flexibility index (Phi) is 5.56. The monoisotopic (exact) mass is 384 g/mol. The average Bonchev–Trinajstić information content (AvgIpc) is 3.24. The van der Waals surface area contributed by atoms with Gasteiger partial charge in [0, 0.05) is 31.1 Å². The summed E-state index contributed by atoms with van der Waals surface area (Å²) in [5.41, 5.74) is 1.57. The van der Waals surface area contributed by atoms with Gasteiger partial charge in [0.05, 0.1) is 24.8 Å². The van der Waals surface area contributed by atoms with Crippen LogP contribution in [0.1, 0.15) is 11.3 Å². The number of carbonyl (C=O) groups excluding carboxylic acids is 1. The van der Waals surface area contributed by atoms with Crippen molar-refractivity contribution in [1.82, 2.24) is 14.5 Å². The average molecular weight is 384 g/mol. The first-order chi connectivity index (χ1) is 13.0. The smallest absolute Gasteiger partial charge is 0.250 e. The third-order valence-corrected chi connectivity index (χ3v) is 4.97. The molecule has 2 aromatic heterocycles. The second kappa shape index (κ2) is 8.05. The molecule has 1 amide bonds. The van der Waals surface area contributed by atoms with Crippen LogP contribution in [0, 0.1) is 6.92 Å². The van der Waals surface area contributed by atoms with E-state index in [1.165, 1.54) is 17.4 Å². The molecule has 0 spiro atoms. The second-order valence-corrected chi connectivity index (χ2v) is 6.72. The van der Waals surface area contributed by atoms with E-state index >= 15 is 0 Å². The molecule has 2 heterocycles. The van der Waals surface area contributed by atoms with Crippen LogP contribution in [0.2, 0.25) is 0 Å². The topological polar surface area (TPSA) is 78.3 Å². The van der Waals surface area contributed by atoms with Crippen LogP contribution in [0.5, 0.6) is 11.5 Å². The first kappa shape index (κ1) is 18.7. The van der Waals surface area contributed by atoms with Gasteiger partial charge in [-0.2, -0.15) is 0 Å². The van der Waals surface area contributed by atoms with Gasteiger partial charge in [0.1, 0.15) is 11.5 Å². The number of nitrogens with one attached hydrogen (secondary N) is 1. The molecule has 0 saturated heterocycles. The molecule has 1 aromatic carbocycles. The standard InChI is InChI=1S/C19H20N4O3S/c1-12-17(18-20-9-10-23(18)2)27-19(21-12)22-16(24)8-5-13-11-14(25-3)6-7-15(13)26-4/h5-11H,1-4H3,(H,21,22,24)/b8-5+. The summed E-state index contributed by atoms with van der Waals surface area (Å²) in [6.07, 6.45) is 6.72. The summed E-state index contributed by atoms with van der Waals surface area (Å²) in [6, 6.07) is 5.39. The fourth-order valence-electron chi connectivity index (χ4n) is 2.52. The largest absolute Gasteiger partial charge is 0.497 e. The maximum atomic E-state index is 12.3. The highest BCUT2D eigenvalue weighted by molar-refractivity contribution is 7.19. The minimum absolute atomic E-state index is 0.278. The van der Waals surface area contributed by atoms with Crippen LogP contribution in [0.4, 0.5) is 5.13 Å². The highest BCUT2D eigenvalue weighted by atomic mass is 32.1. The van der Waals surface area contributed by atoms with Gasteiger partial charge < -0.3 is 14.0 Å². The fourth-order valence-corrected chi connectivity index (χ4v) is 3.53. The summed E-state index contributed by atoms with van der Waals surface area (Å²) < 4.78 is 12.4. The number of thiazole rings is 1. The van der Waals surface area contributed by atoms with E-state index in [9.17, 15) is 4.79 Å². The van der Waals surface area contributed by atoms with Crippen LogP contribution < -0.4 is 14.8 Å². The lowest BCUT2D eigenvalue weighted by atomic mass is 10.1. The minimum Gasteiger partial charge on any atom is -0.497 e. The number of methoxy groups -OCH3 is 2. The van der Waals surface area contributed by atoms with Gasteiger partial charge >= 0.3 is 0 Å². The number of nitrogens with zero attached hydrogens (tertiary/aromatic N) is 3. The highest BCUT2D eigenvalue weighted by Gasteiger charge is 2.14. The number of imidazole rings is 1. The maximum absolute atomic E-state index is 12.3. The molecule has 0 bridgehead atoms. The normalized spacial score (nSPS) is 11.0. The third-order valence-electron chi connectivity index (χ3n) is 3.90. The van der Waals surface area contributed by atoms with Gasteiger partial charge in [0.2, 0.25) is 5.91 Å². The number of benzene rings is 1. The molecule has 7 nitrogen and oxygen atoms in total. The van der Waals surface area contributed by atoms with Crippen LogP contribution in [0.15, 0.2) is 36.7 Å². The Morgan fingerprint density at radius 1 is 1.30 bits per heavy atom. The lowest BCUT2D eigenvalue weighted by Gasteiger charge is -2.07. The molecule has 0 aliphatic rings. The Labute approximate surface area is 161 Å². The molecule has 0 radical (unpaired) electrons. The molecule has 0 atom stereocenters. The minimum atomic E-state index is -0.278. The number of aryl methyl sites for hydroxylation is 2. The molecule has 3 rings (SSSR count). The zero-order valence-electron chi connectivity index (χ0n) is 15.5. The maximum Gasteiger partial charge on any atom is 0.250 e. The molecule has 0 unspecified atom stereocenters. The summed E-state index contributed by atoms with van der Waals surface area (Å²) >= 11 is 1.39.